The number of fused-ring (bicyclic) bond motifs is 8. The van der Waals surface area contributed by atoms with E-state index in [0.717, 1.165) is 22.7 Å². The van der Waals surface area contributed by atoms with Crippen molar-refractivity contribution in [3.8, 4) is 0 Å². The number of amides is 2. The molecule has 0 spiro atoms. The molecule has 2 amide bonds. The minimum Gasteiger partial charge on any atom is -0.344 e. The number of rotatable bonds is 2. The zero-order valence-electron chi connectivity index (χ0n) is 18.2. The summed E-state index contributed by atoms with van der Waals surface area (Å²) in [5.41, 5.74) is 3.09. The van der Waals surface area contributed by atoms with Gasteiger partial charge in [0.2, 0.25) is 11.8 Å². The first-order valence-electron chi connectivity index (χ1n) is 11.6. The van der Waals surface area contributed by atoms with Gasteiger partial charge < -0.3 is 5.32 Å². The summed E-state index contributed by atoms with van der Waals surface area (Å²) < 4.78 is 0. The minimum atomic E-state index is -0.194. The number of carbonyl (C=O) groups excluding carboxylic acids is 2. The molecule has 5 aliphatic rings. The molecule has 1 saturated heterocycles. The van der Waals surface area contributed by atoms with E-state index in [1.807, 2.05) is 43.0 Å². The molecule has 2 aliphatic carbocycles. The van der Waals surface area contributed by atoms with Crippen LogP contribution in [0.4, 0.5) is 5.69 Å². The van der Waals surface area contributed by atoms with Crippen molar-refractivity contribution in [3.63, 3.8) is 0 Å². The van der Waals surface area contributed by atoms with Gasteiger partial charge in [0.25, 0.3) is 0 Å². The van der Waals surface area contributed by atoms with E-state index >= 15 is 0 Å². The fraction of sp³-hybridized carbons (Fsp3) is 0.333. The molecule has 2 aromatic carbocycles. The van der Waals surface area contributed by atoms with Crippen LogP contribution in [0.5, 0.6) is 0 Å². The molecule has 33 heavy (non-hydrogen) atoms. The van der Waals surface area contributed by atoms with E-state index in [1.165, 1.54) is 20.4 Å². The normalized spacial score (nSPS) is 36.2. The molecule has 2 saturated carbocycles. The zero-order chi connectivity index (χ0) is 22.4. The second-order valence-corrected chi connectivity index (χ2v) is 12.2. The van der Waals surface area contributed by atoms with E-state index < -0.39 is 0 Å². The summed E-state index contributed by atoms with van der Waals surface area (Å²) in [5, 5.41) is 6.01. The second kappa shape index (κ2) is 7.03. The number of imide groups is 1. The van der Waals surface area contributed by atoms with Gasteiger partial charge in [-0.1, -0.05) is 60.8 Å². The number of allylic oxidation sites excluding steroid dienone is 1. The number of nitrogens with zero attached hydrogens (tertiary/aromatic N) is 1. The Kier molecular flexibility index (Phi) is 4.26. The molecular formula is C27H24N2O2S2. The molecule has 3 heterocycles. The van der Waals surface area contributed by atoms with Crippen molar-refractivity contribution in [3.05, 3.63) is 87.3 Å². The number of hydrogen-bond acceptors (Lipinski definition) is 5. The highest BCUT2D eigenvalue weighted by Crippen LogP contribution is 2.70. The Morgan fingerprint density at radius 1 is 1.00 bits per heavy atom. The van der Waals surface area contributed by atoms with E-state index in [0.29, 0.717) is 11.2 Å². The lowest BCUT2D eigenvalue weighted by Gasteiger charge is -2.43. The first kappa shape index (κ1) is 20.0. The molecule has 7 rings (SSSR count). The highest BCUT2D eigenvalue weighted by Gasteiger charge is 2.69. The van der Waals surface area contributed by atoms with Gasteiger partial charge in [0.15, 0.2) is 0 Å². The Labute approximate surface area is 201 Å². The van der Waals surface area contributed by atoms with Crippen molar-refractivity contribution in [2.45, 2.75) is 24.5 Å². The highest BCUT2D eigenvalue weighted by molar-refractivity contribution is 8.10. The minimum absolute atomic E-state index is 0.0105. The fourth-order valence-electron chi connectivity index (χ4n) is 7.14. The first-order chi connectivity index (χ1) is 16.0. The Hall–Kier alpha value is -2.44. The third-order valence-electron chi connectivity index (χ3n) is 8.21. The quantitative estimate of drug-likeness (QED) is 0.606. The zero-order valence-corrected chi connectivity index (χ0v) is 19.9. The van der Waals surface area contributed by atoms with Gasteiger partial charge in [0, 0.05) is 16.1 Å². The van der Waals surface area contributed by atoms with Crippen LogP contribution in [0.1, 0.15) is 23.5 Å². The van der Waals surface area contributed by atoms with E-state index in [4.69, 9.17) is 0 Å². The first-order valence-corrected chi connectivity index (χ1v) is 13.3. The van der Waals surface area contributed by atoms with Gasteiger partial charge >= 0.3 is 0 Å². The molecule has 7 atom stereocenters. The summed E-state index contributed by atoms with van der Waals surface area (Å²) in [6.45, 7) is 6.17. The standard InChI is InChI=1S/C27H24N2O2S2/c1-13-7-6-10-16(11-13)29-26(30)21-17-12-18(22(21)27(29)31)23-20(17)19(15-8-4-3-5-9-15)24-25(33-23)28-14(2)32-24/h3-11,17-23,28H,2,12H2,1H3/t17-,18-,19-,20-,21+,22-,23-/m0/s1. The maximum Gasteiger partial charge on any atom is 0.238 e. The molecule has 6 heteroatoms. The molecule has 0 unspecified atom stereocenters. The summed E-state index contributed by atoms with van der Waals surface area (Å²) in [5.74, 6) is 0.719. The van der Waals surface area contributed by atoms with Crippen molar-refractivity contribution in [1.82, 2.24) is 5.32 Å². The number of thioether (sulfide) groups is 2. The van der Waals surface area contributed by atoms with E-state index in [1.54, 1.807) is 11.8 Å². The third kappa shape index (κ3) is 2.68. The van der Waals surface area contributed by atoms with E-state index in [2.05, 4.69) is 42.2 Å². The topological polar surface area (TPSA) is 49.4 Å². The summed E-state index contributed by atoms with van der Waals surface area (Å²) in [4.78, 5) is 30.2. The van der Waals surface area contributed by atoms with Crippen molar-refractivity contribution >= 4 is 41.0 Å². The summed E-state index contributed by atoms with van der Waals surface area (Å²) in [7, 11) is 0. The Morgan fingerprint density at radius 2 is 1.76 bits per heavy atom. The Morgan fingerprint density at radius 3 is 2.52 bits per heavy atom. The molecule has 3 fully saturated rings. The van der Waals surface area contributed by atoms with E-state index in [9.17, 15) is 9.59 Å². The van der Waals surface area contributed by atoms with Gasteiger partial charge in [0.1, 0.15) is 0 Å². The lowest BCUT2D eigenvalue weighted by molar-refractivity contribution is -0.123. The van der Waals surface area contributed by atoms with Crippen molar-refractivity contribution < 1.29 is 9.59 Å². The van der Waals surface area contributed by atoms with Gasteiger partial charge in [-0.05, 0) is 54.4 Å². The molecule has 0 aromatic heterocycles. The highest BCUT2D eigenvalue weighted by atomic mass is 32.2. The van der Waals surface area contributed by atoms with Gasteiger partial charge in [-0.3, -0.25) is 14.5 Å². The third-order valence-corrected chi connectivity index (χ3v) is 10.9. The Bertz CT molecular complexity index is 1260. The predicted octanol–water partition coefficient (Wildman–Crippen LogP) is 5.24. The number of benzene rings is 2. The summed E-state index contributed by atoms with van der Waals surface area (Å²) in [6.07, 6.45) is 0.978. The molecule has 166 valence electrons. The van der Waals surface area contributed by atoms with E-state index in [-0.39, 0.29) is 41.4 Å². The van der Waals surface area contributed by atoms with Crippen LogP contribution >= 0.6 is 23.5 Å². The molecule has 4 nitrogen and oxygen atoms in total. The SMILES string of the molecule is C=C1NC2=C(S1)[C@@H](c1ccccc1)[C@@H]1[C@@H]3C[C@H]([C@@H]1S2)[C@@H]1C(=O)N(c2cccc(C)c2)C(=O)[C@H]31. The van der Waals surface area contributed by atoms with Gasteiger partial charge in [-0.25, -0.2) is 0 Å². The van der Waals surface area contributed by atoms with Gasteiger partial charge in [-0.15, -0.1) is 11.8 Å². The summed E-state index contributed by atoms with van der Waals surface area (Å²) >= 11 is 3.64. The van der Waals surface area contributed by atoms with Crippen LogP contribution in [-0.4, -0.2) is 17.1 Å². The van der Waals surface area contributed by atoms with Crippen LogP contribution in [0.2, 0.25) is 0 Å². The average Bonchev–Trinajstić information content (AvgIpc) is 3.53. The molecule has 1 N–H and O–H groups in total. The maximum absolute atomic E-state index is 13.8. The van der Waals surface area contributed by atoms with Crippen LogP contribution in [-0.2, 0) is 9.59 Å². The monoisotopic (exact) mass is 472 g/mol. The number of hydrogen-bond donors (Lipinski definition) is 1. The predicted molar refractivity (Wildman–Crippen MR) is 133 cm³/mol. The number of nitrogens with one attached hydrogen (secondary N) is 1. The molecule has 2 aromatic rings. The van der Waals surface area contributed by atoms with Crippen molar-refractivity contribution in [2.24, 2.45) is 29.6 Å². The lowest BCUT2D eigenvalue weighted by atomic mass is 9.68. The summed E-state index contributed by atoms with van der Waals surface area (Å²) in [6, 6.07) is 18.5. The second-order valence-electron chi connectivity index (χ2n) is 9.86. The van der Waals surface area contributed by atoms with Crippen LogP contribution < -0.4 is 10.2 Å². The van der Waals surface area contributed by atoms with Crippen molar-refractivity contribution in [2.75, 3.05) is 4.90 Å². The van der Waals surface area contributed by atoms with Crippen LogP contribution in [0, 0.1) is 36.5 Å². The lowest BCUT2D eigenvalue weighted by Crippen LogP contribution is -2.43. The van der Waals surface area contributed by atoms with Crippen LogP contribution in [0.15, 0.2) is 76.1 Å². The molecule has 0 radical (unpaired) electrons. The smallest absolute Gasteiger partial charge is 0.238 e. The Balaban J connectivity index is 1.31. The molecule has 3 aliphatic heterocycles. The van der Waals surface area contributed by atoms with Gasteiger partial charge in [0.05, 0.1) is 27.6 Å². The fourth-order valence-corrected chi connectivity index (χ4v) is 10.1. The van der Waals surface area contributed by atoms with Crippen LogP contribution in [0.25, 0.3) is 0 Å². The number of aryl methyl sites for hydroxylation is 1. The average molecular weight is 473 g/mol. The largest absolute Gasteiger partial charge is 0.344 e. The maximum atomic E-state index is 13.8. The molecular weight excluding hydrogens is 448 g/mol. The molecule has 2 bridgehead atoms. The van der Waals surface area contributed by atoms with Crippen molar-refractivity contribution in [1.29, 1.82) is 0 Å². The van der Waals surface area contributed by atoms with Crippen LogP contribution in [0.3, 0.4) is 0 Å². The van der Waals surface area contributed by atoms with Gasteiger partial charge in [-0.2, -0.15) is 0 Å². The number of carbonyl (C=O) groups is 2. The number of anilines is 1.